The molecule has 0 bridgehead atoms. The van der Waals surface area contributed by atoms with Crippen molar-refractivity contribution in [3.8, 4) is 11.5 Å². The smallest absolute Gasteiger partial charge is 0.231 e. The van der Waals surface area contributed by atoms with Gasteiger partial charge in [-0.25, -0.2) is 0 Å². The standard InChI is InChI=1S/C12H10ClNO2S/c13-9-3-11-12(16-7-15-11)4-10(9)14-5-8-1-2-17-6-8/h1-4,6,14H,5,7H2. The molecule has 3 nitrogen and oxygen atoms in total. The number of hydrogen-bond donors (Lipinski definition) is 1. The number of thiophene rings is 1. The molecule has 5 heteroatoms. The maximum Gasteiger partial charge on any atom is 0.231 e. The van der Waals surface area contributed by atoms with Gasteiger partial charge in [0.05, 0.1) is 10.7 Å². The summed E-state index contributed by atoms with van der Waals surface area (Å²) in [5.74, 6) is 1.44. The molecule has 0 radical (unpaired) electrons. The molecule has 1 aromatic carbocycles. The van der Waals surface area contributed by atoms with Gasteiger partial charge in [0.15, 0.2) is 11.5 Å². The average Bonchev–Trinajstić information content (AvgIpc) is 2.95. The summed E-state index contributed by atoms with van der Waals surface area (Å²) in [5, 5.41) is 8.09. The van der Waals surface area contributed by atoms with Crippen LogP contribution in [-0.2, 0) is 6.54 Å². The third-order valence-electron chi connectivity index (χ3n) is 2.53. The molecule has 0 saturated carbocycles. The number of nitrogens with one attached hydrogen (secondary N) is 1. The summed E-state index contributed by atoms with van der Waals surface area (Å²) in [6, 6.07) is 5.73. The van der Waals surface area contributed by atoms with E-state index in [4.69, 9.17) is 21.1 Å². The minimum Gasteiger partial charge on any atom is -0.454 e. The van der Waals surface area contributed by atoms with Gasteiger partial charge in [-0.15, -0.1) is 0 Å². The van der Waals surface area contributed by atoms with E-state index in [1.807, 2.05) is 6.07 Å². The molecule has 88 valence electrons. The molecule has 17 heavy (non-hydrogen) atoms. The van der Waals surface area contributed by atoms with Crippen molar-refractivity contribution in [2.45, 2.75) is 6.54 Å². The number of fused-ring (bicyclic) bond motifs is 1. The fourth-order valence-electron chi connectivity index (χ4n) is 1.64. The Morgan fingerprint density at radius 1 is 1.29 bits per heavy atom. The predicted molar refractivity (Wildman–Crippen MR) is 69.2 cm³/mol. The maximum atomic E-state index is 6.15. The highest BCUT2D eigenvalue weighted by molar-refractivity contribution is 7.07. The van der Waals surface area contributed by atoms with Gasteiger partial charge in [-0.2, -0.15) is 11.3 Å². The molecule has 2 heterocycles. The molecule has 0 amide bonds. The molecule has 0 saturated heterocycles. The van der Waals surface area contributed by atoms with Crippen LogP contribution in [0.1, 0.15) is 5.56 Å². The Balaban J connectivity index is 1.79. The Morgan fingerprint density at radius 2 is 2.12 bits per heavy atom. The summed E-state index contributed by atoms with van der Waals surface area (Å²) in [5.41, 5.74) is 2.10. The zero-order chi connectivity index (χ0) is 11.7. The predicted octanol–water partition coefficient (Wildman–Crippen LogP) is 3.74. The first-order valence-corrected chi connectivity index (χ1v) is 6.49. The van der Waals surface area contributed by atoms with Crippen LogP contribution < -0.4 is 14.8 Å². The van der Waals surface area contributed by atoms with Crippen molar-refractivity contribution in [3.05, 3.63) is 39.5 Å². The lowest BCUT2D eigenvalue weighted by Crippen LogP contribution is -1.98. The van der Waals surface area contributed by atoms with E-state index in [9.17, 15) is 0 Å². The Kier molecular flexibility index (Phi) is 2.82. The number of ether oxygens (including phenoxy) is 2. The molecule has 3 rings (SSSR count). The highest BCUT2D eigenvalue weighted by atomic mass is 35.5. The summed E-state index contributed by atoms with van der Waals surface area (Å²) in [7, 11) is 0. The lowest BCUT2D eigenvalue weighted by molar-refractivity contribution is 0.174. The zero-order valence-electron chi connectivity index (χ0n) is 8.90. The molecule has 0 fully saturated rings. The van der Waals surface area contributed by atoms with Gasteiger partial charge < -0.3 is 14.8 Å². The number of hydrogen-bond acceptors (Lipinski definition) is 4. The van der Waals surface area contributed by atoms with Crippen LogP contribution in [0, 0.1) is 0 Å². The highest BCUT2D eigenvalue weighted by Crippen LogP contribution is 2.39. The summed E-state index contributed by atoms with van der Waals surface area (Å²) in [6.45, 7) is 1.02. The average molecular weight is 268 g/mol. The lowest BCUT2D eigenvalue weighted by Gasteiger charge is -2.08. The quantitative estimate of drug-likeness (QED) is 0.919. The SMILES string of the molecule is Clc1cc2c(cc1NCc1ccsc1)OCO2. The third kappa shape index (κ3) is 2.18. The van der Waals surface area contributed by atoms with E-state index in [0.29, 0.717) is 10.8 Å². The van der Waals surface area contributed by atoms with Crippen molar-refractivity contribution < 1.29 is 9.47 Å². The second-order valence-corrected chi connectivity index (χ2v) is 4.86. The molecule has 0 unspecified atom stereocenters. The number of halogens is 1. The Bertz CT molecular complexity index is 528. The first-order valence-electron chi connectivity index (χ1n) is 5.17. The monoisotopic (exact) mass is 267 g/mol. The van der Waals surface area contributed by atoms with E-state index in [0.717, 1.165) is 18.0 Å². The van der Waals surface area contributed by atoms with Gasteiger partial charge in [0.2, 0.25) is 6.79 Å². The Labute approximate surface area is 108 Å². The minimum absolute atomic E-state index is 0.264. The van der Waals surface area contributed by atoms with Crippen LogP contribution in [0.5, 0.6) is 11.5 Å². The third-order valence-corrected chi connectivity index (χ3v) is 3.57. The molecule has 1 aromatic heterocycles. The van der Waals surface area contributed by atoms with Gasteiger partial charge >= 0.3 is 0 Å². The van der Waals surface area contributed by atoms with Crippen LogP contribution in [0.25, 0.3) is 0 Å². The van der Waals surface area contributed by atoms with E-state index in [1.54, 1.807) is 17.4 Å². The van der Waals surface area contributed by atoms with Crippen molar-refractivity contribution in [1.29, 1.82) is 0 Å². The van der Waals surface area contributed by atoms with Gasteiger partial charge in [-0.3, -0.25) is 0 Å². The van der Waals surface area contributed by atoms with Gasteiger partial charge in [-0.1, -0.05) is 11.6 Å². The van der Waals surface area contributed by atoms with Gasteiger partial charge in [0.25, 0.3) is 0 Å². The van der Waals surface area contributed by atoms with Crippen molar-refractivity contribution in [2.75, 3.05) is 12.1 Å². The van der Waals surface area contributed by atoms with Crippen LogP contribution in [0.15, 0.2) is 29.0 Å². The molecule has 1 N–H and O–H groups in total. The molecule has 0 atom stereocenters. The Morgan fingerprint density at radius 3 is 2.88 bits per heavy atom. The number of rotatable bonds is 3. The second kappa shape index (κ2) is 4.47. The summed E-state index contributed by atoms with van der Waals surface area (Å²) in [6.07, 6.45) is 0. The van der Waals surface area contributed by atoms with E-state index in [1.165, 1.54) is 5.56 Å². The van der Waals surface area contributed by atoms with E-state index < -0.39 is 0 Å². The fraction of sp³-hybridized carbons (Fsp3) is 0.167. The van der Waals surface area contributed by atoms with E-state index >= 15 is 0 Å². The molecule has 0 spiro atoms. The van der Waals surface area contributed by atoms with Crippen LogP contribution >= 0.6 is 22.9 Å². The normalized spacial score (nSPS) is 12.8. The number of anilines is 1. The Hall–Kier alpha value is -1.39. The fourth-order valence-corrected chi connectivity index (χ4v) is 2.53. The lowest BCUT2D eigenvalue weighted by atomic mass is 10.2. The zero-order valence-corrected chi connectivity index (χ0v) is 10.5. The number of benzene rings is 1. The van der Waals surface area contributed by atoms with Crippen LogP contribution in [0.2, 0.25) is 5.02 Å². The summed E-state index contributed by atoms with van der Waals surface area (Å²) >= 11 is 7.83. The maximum absolute atomic E-state index is 6.15. The van der Waals surface area contributed by atoms with Gasteiger partial charge in [0.1, 0.15) is 0 Å². The van der Waals surface area contributed by atoms with Crippen molar-refractivity contribution in [1.82, 2.24) is 0 Å². The van der Waals surface area contributed by atoms with Crippen molar-refractivity contribution >= 4 is 28.6 Å². The van der Waals surface area contributed by atoms with Crippen LogP contribution in [-0.4, -0.2) is 6.79 Å². The van der Waals surface area contributed by atoms with Crippen molar-refractivity contribution in [2.24, 2.45) is 0 Å². The molecular formula is C12H10ClNO2S. The second-order valence-electron chi connectivity index (χ2n) is 3.67. The molecule has 2 aromatic rings. The molecule has 0 aliphatic carbocycles. The topological polar surface area (TPSA) is 30.5 Å². The summed E-state index contributed by atoms with van der Waals surface area (Å²) in [4.78, 5) is 0. The summed E-state index contributed by atoms with van der Waals surface area (Å²) < 4.78 is 10.6. The van der Waals surface area contributed by atoms with Crippen molar-refractivity contribution in [3.63, 3.8) is 0 Å². The molecule has 1 aliphatic rings. The first kappa shape index (κ1) is 10.7. The molecular weight excluding hydrogens is 258 g/mol. The molecule has 1 aliphatic heterocycles. The van der Waals surface area contributed by atoms with Gasteiger partial charge in [-0.05, 0) is 22.4 Å². The minimum atomic E-state index is 0.264. The first-order chi connectivity index (χ1) is 8.33. The van der Waals surface area contributed by atoms with E-state index in [2.05, 4.69) is 22.1 Å². The van der Waals surface area contributed by atoms with E-state index in [-0.39, 0.29) is 6.79 Å². The van der Waals surface area contributed by atoms with Crippen LogP contribution in [0.4, 0.5) is 5.69 Å². The highest BCUT2D eigenvalue weighted by Gasteiger charge is 2.16. The largest absolute Gasteiger partial charge is 0.454 e. The van der Waals surface area contributed by atoms with Crippen LogP contribution in [0.3, 0.4) is 0 Å². The van der Waals surface area contributed by atoms with Gasteiger partial charge in [0, 0.05) is 18.7 Å².